The fraction of sp³-hybridized carbons (Fsp3) is 0.238. The van der Waals surface area contributed by atoms with Gasteiger partial charge < -0.3 is 15.1 Å². The van der Waals surface area contributed by atoms with Gasteiger partial charge in [0.15, 0.2) is 0 Å². The quantitative estimate of drug-likeness (QED) is 0.434. The van der Waals surface area contributed by atoms with Crippen molar-refractivity contribution in [2.24, 2.45) is 5.73 Å². The molecule has 1 atom stereocenters. The van der Waals surface area contributed by atoms with Gasteiger partial charge in [-0.1, -0.05) is 36.4 Å². The summed E-state index contributed by atoms with van der Waals surface area (Å²) in [5.41, 5.74) is 9.14. The molecule has 7 nitrogen and oxygen atoms in total. The molecule has 0 bridgehead atoms. The summed E-state index contributed by atoms with van der Waals surface area (Å²) in [7, 11) is -4.47. The highest BCUT2D eigenvalue weighted by Gasteiger charge is 2.26. The van der Waals surface area contributed by atoms with Gasteiger partial charge in [0.2, 0.25) is 5.91 Å². The van der Waals surface area contributed by atoms with Crippen LogP contribution in [0.2, 0.25) is 0 Å². The standard InChI is InChI=1S/C21H22N2O5S/c1-14-17(12-21(22)25)18-11-16(20(9-10-24)29(26,27)28)7-8-19(18)23(14)13-15-5-3-2-4-6-15/h2-8,10-11,20H,9,12-13H2,1H3,(H2,22,25)(H,26,27,28). The number of primary amides is 1. The second-order valence-corrected chi connectivity index (χ2v) is 8.56. The van der Waals surface area contributed by atoms with Crippen molar-refractivity contribution in [3.63, 3.8) is 0 Å². The summed E-state index contributed by atoms with van der Waals surface area (Å²) in [4.78, 5) is 22.6. The van der Waals surface area contributed by atoms with E-state index in [1.807, 2.05) is 41.8 Å². The lowest BCUT2D eigenvalue weighted by atomic mass is 10.0. The van der Waals surface area contributed by atoms with E-state index in [-0.39, 0.29) is 18.4 Å². The molecular formula is C21H22N2O5S. The zero-order valence-electron chi connectivity index (χ0n) is 15.9. The van der Waals surface area contributed by atoms with E-state index in [1.54, 1.807) is 18.2 Å². The number of benzene rings is 2. The van der Waals surface area contributed by atoms with Crippen molar-refractivity contribution in [2.75, 3.05) is 0 Å². The number of nitrogens with zero attached hydrogens (tertiary/aromatic N) is 1. The third kappa shape index (κ3) is 4.38. The lowest BCUT2D eigenvalue weighted by Gasteiger charge is -2.12. The van der Waals surface area contributed by atoms with Crippen LogP contribution in [-0.4, -0.2) is 29.7 Å². The maximum Gasteiger partial charge on any atom is 0.272 e. The second-order valence-electron chi connectivity index (χ2n) is 6.96. The molecule has 1 unspecified atom stereocenters. The Hall–Kier alpha value is -2.97. The number of aldehydes is 1. The molecular weight excluding hydrogens is 392 g/mol. The van der Waals surface area contributed by atoms with Gasteiger partial charge in [0.05, 0.1) is 6.42 Å². The van der Waals surface area contributed by atoms with Crippen molar-refractivity contribution in [3.05, 3.63) is 70.9 Å². The zero-order chi connectivity index (χ0) is 21.2. The van der Waals surface area contributed by atoms with E-state index in [1.165, 1.54) is 0 Å². The van der Waals surface area contributed by atoms with E-state index in [0.717, 1.165) is 16.8 Å². The molecule has 1 heterocycles. The average molecular weight is 414 g/mol. The predicted octanol–water partition coefficient (Wildman–Crippen LogP) is 2.54. The molecule has 3 aromatic rings. The monoisotopic (exact) mass is 414 g/mol. The second kappa shape index (κ2) is 8.18. The first-order valence-electron chi connectivity index (χ1n) is 9.06. The van der Waals surface area contributed by atoms with Gasteiger partial charge in [0.1, 0.15) is 11.5 Å². The minimum atomic E-state index is -4.47. The van der Waals surface area contributed by atoms with E-state index in [2.05, 4.69) is 0 Å². The van der Waals surface area contributed by atoms with Crippen LogP contribution < -0.4 is 5.73 Å². The number of fused-ring (bicyclic) bond motifs is 1. The first-order valence-corrected chi connectivity index (χ1v) is 10.6. The van der Waals surface area contributed by atoms with Gasteiger partial charge in [0, 0.05) is 29.6 Å². The fourth-order valence-electron chi connectivity index (χ4n) is 3.65. The molecule has 2 aromatic carbocycles. The van der Waals surface area contributed by atoms with Crippen LogP contribution >= 0.6 is 0 Å². The number of carbonyl (C=O) groups excluding carboxylic acids is 2. The molecule has 3 N–H and O–H groups in total. The molecule has 0 spiro atoms. The van der Waals surface area contributed by atoms with Gasteiger partial charge >= 0.3 is 0 Å². The maximum absolute atomic E-state index is 11.8. The maximum atomic E-state index is 11.8. The van der Waals surface area contributed by atoms with Gasteiger partial charge in [-0.2, -0.15) is 8.42 Å². The first-order chi connectivity index (χ1) is 13.7. The number of carbonyl (C=O) groups is 2. The Morgan fingerprint density at radius 1 is 1.21 bits per heavy atom. The molecule has 0 aliphatic carbocycles. The third-order valence-corrected chi connectivity index (χ3v) is 6.24. The summed E-state index contributed by atoms with van der Waals surface area (Å²) in [6.07, 6.45) is 0.0930. The van der Waals surface area contributed by atoms with Crippen LogP contribution in [0.5, 0.6) is 0 Å². The highest BCUT2D eigenvalue weighted by Crippen LogP contribution is 2.32. The van der Waals surface area contributed by atoms with Crippen LogP contribution in [0.3, 0.4) is 0 Å². The molecule has 0 radical (unpaired) electrons. The Labute approximate surface area is 168 Å². The average Bonchev–Trinajstić information content (AvgIpc) is 2.91. The molecule has 8 heteroatoms. The summed E-state index contributed by atoms with van der Waals surface area (Å²) in [5, 5.41) is -0.683. The summed E-state index contributed by atoms with van der Waals surface area (Å²) in [6, 6.07) is 14.7. The zero-order valence-corrected chi connectivity index (χ0v) is 16.7. The molecule has 0 saturated carbocycles. The van der Waals surface area contributed by atoms with Crippen LogP contribution in [0, 0.1) is 6.92 Å². The van der Waals surface area contributed by atoms with E-state index in [4.69, 9.17) is 5.73 Å². The van der Waals surface area contributed by atoms with Crippen LogP contribution in [0.25, 0.3) is 10.9 Å². The Morgan fingerprint density at radius 3 is 2.48 bits per heavy atom. The summed E-state index contributed by atoms with van der Waals surface area (Å²) in [5.74, 6) is -0.503. The fourth-order valence-corrected chi connectivity index (χ4v) is 4.47. The van der Waals surface area contributed by atoms with Gasteiger partial charge in [-0.25, -0.2) is 0 Å². The minimum Gasteiger partial charge on any atom is -0.369 e. The van der Waals surface area contributed by atoms with E-state index >= 15 is 0 Å². The van der Waals surface area contributed by atoms with Crippen molar-refractivity contribution in [1.82, 2.24) is 4.57 Å². The summed E-state index contributed by atoms with van der Waals surface area (Å²) >= 11 is 0. The topological polar surface area (TPSA) is 119 Å². The van der Waals surface area contributed by atoms with E-state index < -0.39 is 21.3 Å². The Bertz CT molecular complexity index is 1170. The highest BCUT2D eigenvalue weighted by atomic mass is 32.2. The molecule has 0 saturated heterocycles. The molecule has 0 aliphatic rings. The van der Waals surface area contributed by atoms with E-state index in [9.17, 15) is 22.6 Å². The highest BCUT2D eigenvalue weighted by molar-refractivity contribution is 7.86. The summed E-state index contributed by atoms with van der Waals surface area (Å²) in [6.45, 7) is 2.45. The van der Waals surface area contributed by atoms with Crippen molar-refractivity contribution in [2.45, 2.75) is 31.6 Å². The number of amides is 1. The minimum absolute atomic E-state index is 0.00218. The molecule has 0 aliphatic heterocycles. The first kappa shape index (κ1) is 20.8. The smallest absolute Gasteiger partial charge is 0.272 e. The molecule has 0 fully saturated rings. The third-order valence-electron chi connectivity index (χ3n) is 5.05. The lowest BCUT2D eigenvalue weighted by Crippen LogP contribution is -2.14. The Kier molecular flexibility index (Phi) is 5.86. The number of aromatic nitrogens is 1. The van der Waals surface area contributed by atoms with Crippen LogP contribution in [0.1, 0.15) is 34.1 Å². The molecule has 1 amide bonds. The molecule has 3 rings (SSSR count). The Morgan fingerprint density at radius 2 is 1.90 bits per heavy atom. The predicted molar refractivity (Wildman–Crippen MR) is 110 cm³/mol. The van der Waals surface area contributed by atoms with Gasteiger partial charge in [-0.15, -0.1) is 0 Å². The number of nitrogens with two attached hydrogens (primary N) is 1. The number of hydrogen-bond donors (Lipinski definition) is 2. The van der Waals surface area contributed by atoms with Crippen LogP contribution in [-0.2, 0) is 32.7 Å². The van der Waals surface area contributed by atoms with Crippen LogP contribution in [0.15, 0.2) is 48.5 Å². The van der Waals surface area contributed by atoms with E-state index in [0.29, 0.717) is 23.8 Å². The molecule has 29 heavy (non-hydrogen) atoms. The van der Waals surface area contributed by atoms with Crippen molar-refractivity contribution in [1.29, 1.82) is 0 Å². The van der Waals surface area contributed by atoms with Crippen molar-refractivity contribution in [3.8, 4) is 0 Å². The normalized spacial score (nSPS) is 12.8. The Balaban J connectivity index is 2.20. The SMILES string of the molecule is Cc1c(CC(N)=O)c2cc(C(CC=O)S(=O)(=O)O)ccc2n1Cc1ccccc1. The summed E-state index contributed by atoms with van der Waals surface area (Å²) < 4.78 is 35.1. The largest absolute Gasteiger partial charge is 0.369 e. The van der Waals surface area contributed by atoms with Crippen molar-refractivity contribution >= 4 is 33.2 Å². The van der Waals surface area contributed by atoms with Crippen LogP contribution in [0.4, 0.5) is 0 Å². The van der Waals surface area contributed by atoms with Gasteiger partial charge in [-0.05, 0) is 35.7 Å². The lowest BCUT2D eigenvalue weighted by molar-refractivity contribution is -0.117. The van der Waals surface area contributed by atoms with Crippen molar-refractivity contribution < 1.29 is 22.6 Å². The molecule has 152 valence electrons. The van der Waals surface area contributed by atoms with Gasteiger partial charge in [0.25, 0.3) is 10.1 Å². The van der Waals surface area contributed by atoms with Gasteiger partial charge in [-0.3, -0.25) is 9.35 Å². The molecule has 1 aromatic heterocycles. The number of rotatable bonds is 8. The number of hydrogen-bond acceptors (Lipinski definition) is 4.